The van der Waals surface area contributed by atoms with E-state index in [1.807, 2.05) is 39.0 Å². The van der Waals surface area contributed by atoms with E-state index in [4.69, 9.17) is 4.74 Å². The smallest absolute Gasteiger partial charge is 0.407 e. The molecule has 0 heterocycles. The first-order valence-electron chi connectivity index (χ1n) is 8.50. The highest BCUT2D eigenvalue weighted by atomic mass is 16.6. The topological polar surface area (TPSA) is 50.4 Å². The quantitative estimate of drug-likeness (QED) is 0.790. The Hall–Kier alpha value is -1.55. The van der Waals surface area contributed by atoms with Crippen molar-refractivity contribution in [2.45, 2.75) is 72.7 Å². The molecule has 4 nitrogen and oxygen atoms in total. The zero-order valence-electron chi connectivity index (χ0n) is 15.4. The van der Waals surface area contributed by atoms with Crippen molar-refractivity contribution >= 4 is 6.09 Å². The van der Waals surface area contributed by atoms with Gasteiger partial charge in [0.1, 0.15) is 5.60 Å². The molecule has 0 fully saturated rings. The van der Waals surface area contributed by atoms with Crippen molar-refractivity contribution in [2.75, 3.05) is 0 Å². The zero-order valence-corrected chi connectivity index (χ0v) is 15.4. The molecule has 2 N–H and O–H groups in total. The molecule has 0 spiro atoms. The first-order valence-corrected chi connectivity index (χ1v) is 8.50. The molecule has 1 aromatic carbocycles. The van der Waals surface area contributed by atoms with Crippen LogP contribution in [0.3, 0.4) is 0 Å². The van der Waals surface area contributed by atoms with Crippen molar-refractivity contribution in [2.24, 2.45) is 5.92 Å². The molecule has 1 aromatic rings. The number of benzene rings is 1. The molecule has 0 radical (unpaired) electrons. The highest BCUT2D eigenvalue weighted by molar-refractivity contribution is 5.67. The second kappa shape index (κ2) is 8.92. The molecule has 1 rings (SSSR count). The number of ether oxygens (including phenoxy) is 1. The Morgan fingerprint density at radius 1 is 1.13 bits per heavy atom. The number of rotatable bonds is 7. The Morgan fingerprint density at radius 3 is 2.22 bits per heavy atom. The molecular formula is C19H32N2O2. The lowest BCUT2D eigenvalue weighted by atomic mass is 10.00. The van der Waals surface area contributed by atoms with Crippen LogP contribution in [0.5, 0.6) is 0 Å². The van der Waals surface area contributed by atoms with Gasteiger partial charge in [0.2, 0.25) is 0 Å². The number of carbonyl (C=O) groups excluding carboxylic acids is 1. The fraction of sp³-hybridized carbons (Fsp3) is 0.632. The van der Waals surface area contributed by atoms with Gasteiger partial charge in [0, 0.05) is 19.1 Å². The largest absolute Gasteiger partial charge is 0.444 e. The first kappa shape index (κ1) is 19.5. The molecule has 0 bridgehead atoms. The van der Waals surface area contributed by atoms with Crippen LogP contribution in [0.4, 0.5) is 4.79 Å². The van der Waals surface area contributed by atoms with E-state index in [-0.39, 0.29) is 6.09 Å². The number of carbonyl (C=O) groups is 1. The minimum Gasteiger partial charge on any atom is -0.444 e. The molecule has 1 amide bonds. The third-order valence-corrected chi connectivity index (χ3v) is 4.05. The lowest BCUT2D eigenvalue weighted by molar-refractivity contribution is 0.0523. The highest BCUT2D eigenvalue weighted by Gasteiger charge is 2.16. The second-order valence-corrected chi connectivity index (χ2v) is 7.18. The summed E-state index contributed by atoms with van der Waals surface area (Å²) in [6, 6.07) is 8.63. The highest BCUT2D eigenvalue weighted by Crippen LogP contribution is 2.12. The number of hydrogen-bond acceptors (Lipinski definition) is 3. The van der Waals surface area contributed by atoms with Crippen molar-refractivity contribution in [3.05, 3.63) is 35.4 Å². The van der Waals surface area contributed by atoms with Crippen molar-refractivity contribution in [3.63, 3.8) is 0 Å². The van der Waals surface area contributed by atoms with E-state index in [9.17, 15) is 4.79 Å². The van der Waals surface area contributed by atoms with Gasteiger partial charge in [-0.3, -0.25) is 0 Å². The van der Waals surface area contributed by atoms with Crippen molar-refractivity contribution in [3.8, 4) is 0 Å². The van der Waals surface area contributed by atoms with E-state index < -0.39 is 5.60 Å². The summed E-state index contributed by atoms with van der Waals surface area (Å²) < 4.78 is 5.28. The molecule has 0 saturated carbocycles. The predicted octanol–water partition coefficient (Wildman–Crippen LogP) is 4.24. The predicted molar refractivity (Wildman–Crippen MR) is 95.3 cm³/mol. The molecule has 0 aromatic heterocycles. The van der Waals surface area contributed by atoms with Gasteiger partial charge in [0.05, 0.1) is 0 Å². The summed E-state index contributed by atoms with van der Waals surface area (Å²) in [7, 11) is 0. The Morgan fingerprint density at radius 2 is 1.70 bits per heavy atom. The lowest BCUT2D eigenvalue weighted by Gasteiger charge is -2.22. The lowest BCUT2D eigenvalue weighted by Crippen LogP contribution is -2.33. The Kier molecular flexibility index (Phi) is 7.56. The van der Waals surface area contributed by atoms with Crippen LogP contribution in [0.2, 0.25) is 0 Å². The minimum absolute atomic E-state index is 0.381. The summed E-state index contributed by atoms with van der Waals surface area (Å²) in [6.07, 6.45) is 0.781. The summed E-state index contributed by atoms with van der Waals surface area (Å²) in [4.78, 5) is 11.8. The van der Waals surface area contributed by atoms with Crippen LogP contribution >= 0.6 is 0 Å². The summed E-state index contributed by atoms with van der Waals surface area (Å²) in [5.41, 5.74) is 1.84. The van der Waals surface area contributed by atoms with Crippen LogP contribution in [0.25, 0.3) is 0 Å². The van der Waals surface area contributed by atoms with E-state index in [1.165, 1.54) is 5.56 Å². The standard InChI is InChI=1S/C19H32N2O2/c1-7-14(2)15(3)20-12-16-10-8-9-11-17(16)13-21-18(22)23-19(4,5)6/h8-11,14-15,20H,7,12-13H2,1-6H3,(H,21,22). The van der Waals surface area contributed by atoms with E-state index in [0.717, 1.165) is 18.5 Å². The monoisotopic (exact) mass is 320 g/mol. The fourth-order valence-electron chi connectivity index (χ4n) is 2.21. The van der Waals surface area contributed by atoms with Gasteiger partial charge in [-0.15, -0.1) is 0 Å². The second-order valence-electron chi connectivity index (χ2n) is 7.18. The van der Waals surface area contributed by atoms with Gasteiger partial charge in [-0.2, -0.15) is 0 Å². The van der Waals surface area contributed by atoms with E-state index in [0.29, 0.717) is 18.5 Å². The van der Waals surface area contributed by atoms with Gasteiger partial charge < -0.3 is 15.4 Å². The third kappa shape index (κ3) is 7.51. The Bertz CT molecular complexity index is 494. The van der Waals surface area contributed by atoms with Crippen molar-refractivity contribution in [1.82, 2.24) is 10.6 Å². The molecule has 130 valence electrons. The molecular weight excluding hydrogens is 288 g/mol. The van der Waals surface area contributed by atoms with Crippen molar-refractivity contribution in [1.29, 1.82) is 0 Å². The van der Waals surface area contributed by atoms with E-state index >= 15 is 0 Å². The molecule has 4 heteroatoms. The van der Waals surface area contributed by atoms with E-state index in [1.54, 1.807) is 0 Å². The zero-order chi connectivity index (χ0) is 17.5. The molecule has 0 aliphatic carbocycles. The molecule has 0 saturated heterocycles. The van der Waals surface area contributed by atoms with Crippen LogP contribution in [-0.4, -0.2) is 17.7 Å². The average molecular weight is 320 g/mol. The Balaban J connectivity index is 2.58. The van der Waals surface area contributed by atoms with Crippen LogP contribution in [0.1, 0.15) is 59.1 Å². The number of amides is 1. The molecule has 2 atom stereocenters. The Labute approximate surface area is 141 Å². The summed E-state index contributed by atoms with van der Waals surface area (Å²) >= 11 is 0. The maximum absolute atomic E-state index is 11.8. The molecule has 0 aliphatic heterocycles. The van der Waals surface area contributed by atoms with Crippen molar-refractivity contribution < 1.29 is 9.53 Å². The van der Waals surface area contributed by atoms with Gasteiger partial charge in [0.15, 0.2) is 0 Å². The maximum Gasteiger partial charge on any atom is 0.407 e. The van der Waals surface area contributed by atoms with Gasteiger partial charge in [-0.1, -0.05) is 44.5 Å². The average Bonchev–Trinajstić information content (AvgIpc) is 2.48. The van der Waals surface area contributed by atoms with Gasteiger partial charge in [-0.25, -0.2) is 4.79 Å². The van der Waals surface area contributed by atoms with Crippen LogP contribution in [0.15, 0.2) is 24.3 Å². The first-order chi connectivity index (χ1) is 10.7. The van der Waals surface area contributed by atoms with Crippen LogP contribution in [0, 0.1) is 5.92 Å². The summed E-state index contributed by atoms with van der Waals surface area (Å²) in [5, 5.41) is 6.40. The normalized spacial score (nSPS) is 14.2. The number of hydrogen-bond donors (Lipinski definition) is 2. The third-order valence-electron chi connectivity index (χ3n) is 4.05. The summed E-state index contributed by atoms with van der Waals surface area (Å²) in [6.45, 7) is 13.6. The number of alkyl carbamates (subject to hydrolysis) is 1. The van der Waals surface area contributed by atoms with Gasteiger partial charge >= 0.3 is 6.09 Å². The van der Waals surface area contributed by atoms with E-state index in [2.05, 4.69) is 37.5 Å². The van der Waals surface area contributed by atoms with Gasteiger partial charge in [0.25, 0.3) is 0 Å². The van der Waals surface area contributed by atoms with Crippen LogP contribution < -0.4 is 10.6 Å². The molecule has 23 heavy (non-hydrogen) atoms. The number of nitrogens with one attached hydrogen (secondary N) is 2. The van der Waals surface area contributed by atoms with Crippen LogP contribution in [-0.2, 0) is 17.8 Å². The molecule has 0 aliphatic rings. The van der Waals surface area contributed by atoms with Gasteiger partial charge in [-0.05, 0) is 44.7 Å². The molecule has 2 unspecified atom stereocenters. The fourth-order valence-corrected chi connectivity index (χ4v) is 2.21. The maximum atomic E-state index is 11.8. The minimum atomic E-state index is -0.475. The summed E-state index contributed by atoms with van der Waals surface area (Å²) in [5.74, 6) is 0.641. The SMILES string of the molecule is CCC(C)C(C)NCc1ccccc1CNC(=O)OC(C)(C)C.